The summed E-state index contributed by atoms with van der Waals surface area (Å²) in [6, 6.07) is 7.15. The summed E-state index contributed by atoms with van der Waals surface area (Å²) in [5.41, 5.74) is 0.318. The highest BCUT2D eigenvalue weighted by Crippen LogP contribution is 2.74. The number of Topliss-reactive ketones (excluding diaryl/α,β-unsaturated/α-hetero) is 1. The Balaban J connectivity index is 1.34. The largest absolute Gasteiger partial charge is 0.487 e. The standard InChI is InChI=1S/C32H37BrO5/c1-6-7-21-16-32(18-25(29(4,5)38-32)36-28(35)20-8-10-22(33)11-9-20)27-23(26(21)34)12-13-31(37-27)15-14-30(19(2)3)17-24(30)31/h6,8-11,16,19,24-25H,1,7,12-15,17-18H2,2-5H3/t24-,25-,30+,31-,32+/m1/s1. The molecule has 0 amide bonds. The fraction of sp³-hybridized carbons (Fsp3) is 0.562. The zero-order chi connectivity index (χ0) is 27.1. The third kappa shape index (κ3) is 3.81. The second-order valence-electron chi connectivity index (χ2n) is 12.8. The molecule has 0 aromatic heterocycles. The number of carbonyl (C=O) groups excluding carboxylic acids is 2. The van der Waals surface area contributed by atoms with Gasteiger partial charge in [-0.2, -0.15) is 0 Å². The lowest BCUT2D eigenvalue weighted by Gasteiger charge is -2.45. The van der Waals surface area contributed by atoms with Gasteiger partial charge in [-0.1, -0.05) is 35.9 Å². The second-order valence-corrected chi connectivity index (χ2v) is 13.7. The Morgan fingerprint density at radius 3 is 2.55 bits per heavy atom. The van der Waals surface area contributed by atoms with Crippen LogP contribution in [0.2, 0.25) is 0 Å². The lowest BCUT2D eigenvalue weighted by molar-refractivity contribution is -0.130. The van der Waals surface area contributed by atoms with Gasteiger partial charge in [0, 0.05) is 28.0 Å². The molecule has 0 bridgehead atoms. The molecule has 0 radical (unpaired) electrons. The van der Waals surface area contributed by atoms with Gasteiger partial charge in [0.2, 0.25) is 0 Å². The van der Waals surface area contributed by atoms with Crippen LogP contribution in [0.4, 0.5) is 0 Å². The predicted molar refractivity (Wildman–Crippen MR) is 148 cm³/mol. The highest BCUT2D eigenvalue weighted by atomic mass is 79.9. The van der Waals surface area contributed by atoms with Crippen LogP contribution < -0.4 is 0 Å². The van der Waals surface area contributed by atoms with Gasteiger partial charge in [0.15, 0.2) is 5.78 Å². The minimum atomic E-state index is -0.943. The molecule has 2 heterocycles. The monoisotopic (exact) mass is 580 g/mol. The quantitative estimate of drug-likeness (QED) is 0.271. The third-order valence-electron chi connectivity index (χ3n) is 10.1. The molecule has 0 N–H and O–H groups in total. The van der Waals surface area contributed by atoms with Crippen LogP contribution in [0.15, 0.2) is 64.4 Å². The number of rotatable bonds is 5. The van der Waals surface area contributed by atoms with Gasteiger partial charge < -0.3 is 14.2 Å². The summed E-state index contributed by atoms with van der Waals surface area (Å²) in [5, 5.41) is 0. The minimum absolute atomic E-state index is 0.0426. The van der Waals surface area contributed by atoms with E-state index < -0.39 is 17.3 Å². The van der Waals surface area contributed by atoms with Crippen molar-refractivity contribution in [2.24, 2.45) is 17.3 Å². The molecule has 0 unspecified atom stereocenters. The van der Waals surface area contributed by atoms with Gasteiger partial charge in [0.25, 0.3) is 0 Å². The maximum absolute atomic E-state index is 13.6. The highest BCUT2D eigenvalue weighted by Gasteiger charge is 2.72. The minimum Gasteiger partial charge on any atom is -0.487 e. The third-order valence-corrected chi connectivity index (χ3v) is 10.6. The molecule has 38 heavy (non-hydrogen) atoms. The van der Waals surface area contributed by atoms with Gasteiger partial charge in [-0.05, 0) is 94.0 Å². The van der Waals surface area contributed by atoms with E-state index in [0.29, 0.717) is 53.4 Å². The molecule has 6 rings (SSSR count). The average molecular weight is 582 g/mol. The summed E-state index contributed by atoms with van der Waals surface area (Å²) in [4.78, 5) is 26.7. The number of ketones is 1. The fourth-order valence-electron chi connectivity index (χ4n) is 7.80. The summed E-state index contributed by atoms with van der Waals surface area (Å²) < 4.78 is 20.9. The fourth-order valence-corrected chi connectivity index (χ4v) is 8.07. The van der Waals surface area contributed by atoms with Gasteiger partial charge in [-0.3, -0.25) is 4.79 Å². The molecule has 3 fully saturated rings. The van der Waals surface area contributed by atoms with Crippen LogP contribution in [0.25, 0.3) is 0 Å². The van der Waals surface area contributed by atoms with Crippen molar-refractivity contribution in [1.82, 2.24) is 0 Å². The van der Waals surface area contributed by atoms with Crippen LogP contribution in [-0.4, -0.2) is 34.7 Å². The molecule has 5 atom stereocenters. The number of fused-ring (bicyclic) bond motifs is 3. The smallest absolute Gasteiger partial charge is 0.338 e. The Hall–Kier alpha value is -2.18. The van der Waals surface area contributed by atoms with E-state index in [0.717, 1.165) is 22.9 Å². The van der Waals surface area contributed by atoms with E-state index in [1.807, 2.05) is 32.1 Å². The number of hydrogen-bond acceptors (Lipinski definition) is 5. The molecule has 202 valence electrons. The molecule has 1 saturated heterocycles. The Morgan fingerprint density at radius 1 is 1.18 bits per heavy atom. The first-order chi connectivity index (χ1) is 18.0. The molecule has 1 aromatic carbocycles. The van der Waals surface area contributed by atoms with Crippen LogP contribution in [0.5, 0.6) is 0 Å². The van der Waals surface area contributed by atoms with E-state index in [4.69, 9.17) is 14.2 Å². The zero-order valence-electron chi connectivity index (χ0n) is 22.8. The first-order valence-electron chi connectivity index (χ1n) is 13.9. The van der Waals surface area contributed by atoms with E-state index in [2.05, 4.69) is 36.4 Å². The summed E-state index contributed by atoms with van der Waals surface area (Å²) >= 11 is 3.42. The van der Waals surface area contributed by atoms with Crippen molar-refractivity contribution in [2.45, 2.75) is 95.5 Å². The Bertz CT molecular complexity index is 1270. The lowest BCUT2D eigenvalue weighted by Crippen LogP contribution is -2.47. The SMILES string of the molecule is C=CCC1=C[C@]2(C[C@@H](OC(=O)c3ccc(Br)cc3)C(C)(C)O2)C2=C(CC[C@]3(CC[C@@]4(C(C)C)C[C@@H]34)O2)C1=O. The van der Waals surface area contributed by atoms with Gasteiger partial charge >= 0.3 is 5.97 Å². The van der Waals surface area contributed by atoms with Crippen molar-refractivity contribution in [2.75, 3.05) is 0 Å². The molecule has 3 aliphatic carbocycles. The second kappa shape index (κ2) is 8.66. The van der Waals surface area contributed by atoms with E-state index in [9.17, 15) is 9.59 Å². The maximum Gasteiger partial charge on any atom is 0.338 e. The molecule has 2 aliphatic heterocycles. The van der Waals surface area contributed by atoms with E-state index in [1.165, 1.54) is 12.8 Å². The van der Waals surface area contributed by atoms with Crippen molar-refractivity contribution in [3.05, 3.63) is 69.9 Å². The molecule has 5 nitrogen and oxygen atoms in total. The summed E-state index contributed by atoms with van der Waals surface area (Å²) in [7, 11) is 0. The van der Waals surface area contributed by atoms with Crippen molar-refractivity contribution in [3.63, 3.8) is 0 Å². The van der Waals surface area contributed by atoms with Gasteiger partial charge in [0.1, 0.15) is 28.7 Å². The molecular weight excluding hydrogens is 544 g/mol. The van der Waals surface area contributed by atoms with Gasteiger partial charge in [0.05, 0.1) is 5.56 Å². The molecule has 5 aliphatic rings. The molecule has 2 saturated carbocycles. The molecule has 6 heteroatoms. The summed E-state index contributed by atoms with van der Waals surface area (Å²) in [6.07, 6.45) is 9.04. The Morgan fingerprint density at radius 2 is 1.92 bits per heavy atom. The average Bonchev–Trinajstić information content (AvgIpc) is 3.48. The van der Waals surface area contributed by atoms with Crippen molar-refractivity contribution < 1.29 is 23.8 Å². The van der Waals surface area contributed by atoms with Crippen LogP contribution in [0, 0.1) is 17.3 Å². The maximum atomic E-state index is 13.6. The lowest BCUT2D eigenvalue weighted by atomic mass is 9.75. The van der Waals surface area contributed by atoms with E-state index >= 15 is 0 Å². The van der Waals surface area contributed by atoms with Crippen molar-refractivity contribution >= 4 is 27.7 Å². The van der Waals surface area contributed by atoms with Crippen LogP contribution in [0.1, 0.15) is 83.0 Å². The van der Waals surface area contributed by atoms with Gasteiger partial charge in [-0.15, -0.1) is 6.58 Å². The Labute approximate surface area is 233 Å². The normalized spacial score (nSPS) is 36.7. The van der Waals surface area contributed by atoms with Crippen molar-refractivity contribution in [3.8, 4) is 0 Å². The number of allylic oxidation sites excluding steroid dienone is 3. The van der Waals surface area contributed by atoms with E-state index in [1.54, 1.807) is 18.2 Å². The van der Waals surface area contributed by atoms with Crippen molar-refractivity contribution in [1.29, 1.82) is 0 Å². The van der Waals surface area contributed by atoms with E-state index in [-0.39, 0.29) is 17.4 Å². The summed E-state index contributed by atoms with van der Waals surface area (Å²) in [6.45, 7) is 12.4. The molecular formula is C32H37BrO5. The number of halogens is 1. The van der Waals surface area contributed by atoms with Gasteiger partial charge in [-0.25, -0.2) is 4.79 Å². The van der Waals surface area contributed by atoms with Crippen LogP contribution in [0.3, 0.4) is 0 Å². The zero-order valence-corrected chi connectivity index (χ0v) is 24.4. The highest BCUT2D eigenvalue weighted by molar-refractivity contribution is 9.10. The topological polar surface area (TPSA) is 61.8 Å². The first-order valence-corrected chi connectivity index (χ1v) is 14.7. The predicted octanol–water partition coefficient (Wildman–Crippen LogP) is 7.26. The van der Waals surface area contributed by atoms with Crippen LogP contribution in [-0.2, 0) is 19.0 Å². The number of ether oxygens (including phenoxy) is 3. The number of carbonyl (C=O) groups is 2. The first kappa shape index (κ1) is 26.1. The molecule has 1 aromatic rings. The number of benzene rings is 1. The summed E-state index contributed by atoms with van der Waals surface area (Å²) in [5.74, 6) is 1.47. The number of esters is 1. The molecule has 2 spiro atoms. The number of hydrogen-bond donors (Lipinski definition) is 0. The Kier molecular flexibility index (Phi) is 5.94. The van der Waals surface area contributed by atoms with Crippen LogP contribution >= 0.6 is 15.9 Å².